The fourth-order valence-electron chi connectivity index (χ4n) is 4.08. The molecular formula is C25H30N4O4. The maximum Gasteiger partial charge on any atom is 0.325 e. The third-order valence-corrected chi connectivity index (χ3v) is 5.84. The van der Waals surface area contributed by atoms with Crippen LogP contribution in [0.15, 0.2) is 54.6 Å². The molecule has 0 radical (unpaired) electrons. The van der Waals surface area contributed by atoms with E-state index in [1.807, 2.05) is 56.3 Å². The minimum absolute atomic E-state index is 0.195. The number of anilines is 1. The van der Waals surface area contributed by atoms with E-state index in [0.29, 0.717) is 24.1 Å². The molecule has 1 atom stereocenters. The third-order valence-electron chi connectivity index (χ3n) is 5.84. The Bertz CT molecular complexity index is 1040. The number of hydrogen-bond acceptors (Lipinski definition) is 4. The van der Waals surface area contributed by atoms with Crippen LogP contribution in [-0.4, -0.2) is 53.7 Å². The van der Waals surface area contributed by atoms with E-state index in [4.69, 9.17) is 0 Å². The van der Waals surface area contributed by atoms with Crippen LogP contribution in [-0.2, 0) is 26.3 Å². The lowest BCUT2D eigenvalue weighted by Crippen LogP contribution is -2.46. The zero-order valence-corrected chi connectivity index (χ0v) is 19.3. The van der Waals surface area contributed by atoms with Crippen molar-refractivity contribution in [1.82, 2.24) is 15.1 Å². The molecule has 1 heterocycles. The molecule has 174 valence electrons. The van der Waals surface area contributed by atoms with Crippen molar-refractivity contribution < 1.29 is 19.2 Å². The highest BCUT2D eigenvalue weighted by Crippen LogP contribution is 2.33. The molecule has 2 N–H and O–H groups in total. The molecule has 2 aromatic carbocycles. The molecule has 8 heteroatoms. The lowest BCUT2D eigenvalue weighted by molar-refractivity contribution is -0.139. The van der Waals surface area contributed by atoms with Crippen molar-refractivity contribution in [2.75, 3.05) is 25.5 Å². The number of aryl methyl sites for hydroxylation is 1. The highest BCUT2D eigenvalue weighted by molar-refractivity contribution is 6.09. The fraction of sp³-hybridized carbons (Fsp3) is 0.360. The van der Waals surface area contributed by atoms with Crippen LogP contribution in [0.3, 0.4) is 0 Å². The number of para-hydroxylation sites is 1. The number of urea groups is 1. The Hall–Kier alpha value is -3.68. The van der Waals surface area contributed by atoms with E-state index in [2.05, 4.69) is 10.6 Å². The average molecular weight is 451 g/mol. The van der Waals surface area contributed by atoms with Crippen molar-refractivity contribution >= 4 is 29.4 Å². The minimum atomic E-state index is -1.19. The molecule has 0 aliphatic carbocycles. The second kappa shape index (κ2) is 10.3. The Morgan fingerprint density at radius 1 is 1.03 bits per heavy atom. The molecule has 33 heavy (non-hydrogen) atoms. The quantitative estimate of drug-likeness (QED) is 0.574. The van der Waals surface area contributed by atoms with Gasteiger partial charge in [0.2, 0.25) is 11.8 Å². The van der Waals surface area contributed by atoms with Gasteiger partial charge in [0.15, 0.2) is 0 Å². The number of benzene rings is 2. The maximum absolute atomic E-state index is 13.3. The first-order valence-electron chi connectivity index (χ1n) is 11.1. The molecule has 3 rings (SSSR count). The van der Waals surface area contributed by atoms with Crippen molar-refractivity contribution in [3.63, 3.8) is 0 Å². The number of nitrogens with zero attached hydrogens (tertiary/aromatic N) is 2. The van der Waals surface area contributed by atoms with Crippen molar-refractivity contribution in [3.05, 3.63) is 65.7 Å². The van der Waals surface area contributed by atoms with Gasteiger partial charge >= 0.3 is 6.03 Å². The third kappa shape index (κ3) is 5.05. The number of rotatable bonds is 9. The van der Waals surface area contributed by atoms with Gasteiger partial charge in [-0.05, 0) is 30.0 Å². The van der Waals surface area contributed by atoms with Gasteiger partial charge in [-0.25, -0.2) is 4.79 Å². The topological polar surface area (TPSA) is 98.8 Å². The summed E-state index contributed by atoms with van der Waals surface area (Å²) in [6, 6.07) is 15.9. The predicted octanol–water partition coefficient (Wildman–Crippen LogP) is 2.89. The van der Waals surface area contributed by atoms with Crippen LogP contribution >= 0.6 is 0 Å². The number of amides is 5. The minimum Gasteiger partial charge on any atom is -0.335 e. The van der Waals surface area contributed by atoms with E-state index >= 15 is 0 Å². The summed E-state index contributed by atoms with van der Waals surface area (Å²) in [6.07, 6.45) is 1.85. The maximum atomic E-state index is 13.3. The molecule has 1 aliphatic heterocycles. The monoisotopic (exact) mass is 450 g/mol. The van der Waals surface area contributed by atoms with Crippen LogP contribution in [0.2, 0.25) is 0 Å². The molecule has 5 amide bonds. The van der Waals surface area contributed by atoms with Gasteiger partial charge in [0.25, 0.3) is 5.91 Å². The smallest absolute Gasteiger partial charge is 0.325 e. The molecular weight excluding hydrogens is 420 g/mol. The van der Waals surface area contributed by atoms with Gasteiger partial charge in [-0.1, -0.05) is 68.8 Å². The highest BCUT2D eigenvalue weighted by Gasteiger charge is 2.52. The number of nitrogens with one attached hydrogen (secondary N) is 2. The van der Waals surface area contributed by atoms with Gasteiger partial charge in [0.05, 0.1) is 6.54 Å². The summed E-state index contributed by atoms with van der Waals surface area (Å²) in [5.41, 5.74) is 1.19. The van der Waals surface area contributed by atoms with Gasteiger partial charge < -0.3 is 15.5 Å². The van der Waals surface area contributed by atoms with E-state index in [-0.39, 0.29) is 12.5 Å². The summed E-state index contributed by atoms with van der Waals surface area (Å²) in [6.45, 7) is 3.30. The Kier molecular flexibility index (Phi) is 7.48. The molecule has 1 unspecified atom stereocenters. The van der Waals surface area contributed by atoms with Gasteiger partial charge in [0, 0.05) is 12.7 Å². The van der Waals surface area contributed by atoms with E-state index in [1.54, 1.807) is 12.1 Å². The summed E-state index contributed by atoms with van der Waals surface area (Å²) >= 11 is 0. The lowest BCUT2D eigenvalue weighted by atomic mass is 9.85. The summed E-state index contributed by atoms with van der Waals surface area (Å²) in [5, 5.41) is 5.62. The Labute approximate surface area is 193 Å². The standard InChI is InChI=1S/C25H30N4O4/c1-4-15-25(19-12-7-6-8-13-19)23(32)29(24(33)27-25)17-22(31)28(3)16-21(30)26-20-14-10-9-11-18(20)5-2/h6-14H,4-5,15-17H2,1-3H3,(H,26,30)(H,27,33). The lowest BCUT2D eigenvalue weighted by Gasteiger charge is -2.27. The first-order chi connectivity index (χ1) is 15.8. The van der Waals surface area contributed by atoms with Crippen molar-refractivity contribution in [2.45, 2.75) is 38.6 Å². The zero-order chi connectivity index (χ0) is 24.0. The number of carbonyl (C=O) groups is 4. The molecule has 0 spiro atoms. The molecule has 0 saturated carbocycles. The van der Waals surface area contributed by atoms with E-state index in [0.717, 1.165) is 16.9 Å². The summed E-state index contributed by atoms with van der Waals surface area (Å²) in [7, 11) is 1.47. The van der Waals surface area contributed by atoms with Gasteiger partial charge in [0.1, 0.15) is 12.1 Å². The van der Waals surface area contributed by atoms with Crippen LogP contribution in [0.5, 0.6) is 0 Å². The first-order valence-corrected chi connectivity index (χ1v) is 11.1. The molecule has 0 aromatic heterocycles. The fourth-order valence-corrected chi connectivity index (χ4v) is 4.08. The normalized spacial score (nSPS) is 17.6. The molecule has 1 saturated heterocycles. The van der Waals surface area contributed by atoms with Crippen molar-refractivity contribution in [2.24, 2.45) is 0 Å². The Morgan fingerprint density at radius 2 is 1.70 bits per heavy atom. The van der Waals surface area contributed by atoms with Crippen LogP contribution in [0.25, 0.3) is 0 Å². The van der Waals surface area contributed by atoms with E-state index in [1.165, 1.54) is 11.9 Å². The molecule has 8 nitrogen and oxygen atoms in total. The molecule has 0 bridgehead atoms. The van der Waals surface area contributed by atoms with E-state index in [9.17, 15) is 19.2 Å². The number of imide groups is 1. The summed E-state index contributed by atoms with van der Waals surface area (Å²) in [4.78, 5) is 53.4. The molecule has 1 aliphatic rings. The molecule has 2 aromatic rings. The predicted molar refractivity (Wildman–Crippen MR) is 125 cm³/mol. The van der Waals surface area contributed by atoms with Gasteiger partial charge in [-0.15, -0.1) is 0 Å². The Balaban J connectivity index is 1.67. The molecule has 1 fully saturated rings. The second-order valence-corrected chi connectivity index (χ2v) is 8.15. The summed E-state index contributed by atoms with van der Waals surface area (Å²) in [5.74, 6) is -1.31. The van der Waals surface area contributed by atoms with Crippen LogP contribution < -0.4 is 10.6 Å². The summed E-state index contributed by atoms with van der Waals surface area (Å²) < 4.78 is 0. The largest absolute Gasteiger partial charge is 0.335 e. The average Bonchev–Trinajstić information content (AvgIpc) is 3.05. The van der Waals surface area contributed by atoms with Crippen molar-refractivity contribution in [1.29, 1.82) is 0 Å². The van der Waals surface area contributed by atoms with Gasteiger partial charge in [-0.3, -0.25) is 19.3 Å². The number of likely N-dealkylation sites (N-methyl/N-ethyl adjacent to an activating group) is 1. The first kappa shape index (κ1) is 24.0. The van der Waals surface area contributed by atoms with Crippen LogP contribution in [0.1, 0.15) is 37.8 Å². The SMILES string of the molecule is CCCC1(c2ccccc2)NC(=O)N(CC(=O)N(C)CC(=O)Nc2ccccc2CC)C1=O. The number of hydrogen-bond donors (Lipinski definition) is 2. The zero-order valence-electron chi connectivity index (χ0n) is 19.3. The Morgan fingerprint density at radius 3 is 2.36 bits per heavy atom. The van der Waals surface area contributed by atoms with Crippen molar-refractivity contribution in [3.8, 4) is 0 Å². The highest BCUT2D eigenvalue weighted by atomic mass is 16.2. The van der Waals surface area contributed by atoms with Crippen LogP contribution in [0, 0.1) is 0 Å². The second-order valence-electron chi connectivity index (χ2n) is 8.15. The van der Waals surface area contributed by atoms with Crippen LogP contribution in [0.4, 0.5) is 10.5 Å². The number of carbonyl (C=O) groups excluding carboxylic acids is 4. The van der Waals surface area contributed by atoms with E-state index < -0.39 is 29.9 Å². The van der Waals surface area contributed by atoms with Gasteiger partial charge in [-0.2, -0.15) is 0 Å².